The fraction of sp³-hybridized carbons (Fsp3) is 0.750. The Morgan fingerprint density at radius 1 is 1.27 bits per heavy atom. The SMILES string of the molecule is Cc1c(C(C)C)n[nH]c1C1CCNCC1. The highest BCUT2D eigenvalue weighted by molar-refractivity contribution is 5.28. The van der Waals surface area contributed by atoms with Crippen molar-refractivity contribution in [3.8, 4) is 0 Å². The number of aromatic nitrogens is 2. The van der Waals surface area contributed by atoms with Gasteiger partial charge in [0, 0.05) is 11.6 Å². The first-order chi connectivity index (χ1) is 7.20. The Hall–Kier alpha value is -0.830. The lowest BCUT2D eigenvalue weighted by atomic mass is 9.91. The van der Waals surface area contributed by atoms with Crippen molar-refractivity contribution in [2.45, 2.75) is 45.4 Å². The van der Waals surface area contributed by atoms with Crippen LogP contribution in [0, 0.1) is 6.92 Å². The Balaban J connectivity index is 2.20. The van der Waals surface area contributed by atoms with Gasteiger partial charge in [0.25, 0.3) is 0 Å². The molecule has 1 aromatic rings. The standard InChI is InChI=1S/C12H21N3/c1-8(2)11-9(3)12(15-14-11)10-4-6-13-7-5-10/h8,10,13H,4-7H2,1-3H3,(H,14,15). The lowest BCUT2D eigenvalue weighted by Gasteiger charge is -2.22. The van der Waals surface area contributed by atoms with Gasteiger partial charge in [-0.15, -0.1) is 0 Å². The molecule has 2 N–H and O–H groups in total. The third-order valence-electron chi connectivity index (χ3n) is 3.38. The topological polar surface area (TPSA) is 40.7 Å². The Bertz CT molecular complexity index is 322. The third-order valence-corrected chi connectivity index (χ3v) is 3.38. The molecule has 84 valence electrons. The second-order valence-electron chi connectivity index (χ2n) is 4.83. The average molecular weight is 207 g/mol. The van der Waals surface area contributed by atoms with Crippen LogP contribution >= 0.6 is 0 Å². The van der Waals surface area contributed by atoms with E-state index in [0.29, 0.717) is 11.8 Å². The lowest BCUT2D eigenvalue weighted by Crippen LogP contribution is -2.27. The third kappa shape index (κ3) is 2.07. The first-order valence-electron chi connectivity index (χ1n) is 5.95. The van der Waals surface area contributed by atoms with Gasteiger partial charge < -0.3 is 5.32 Å². The normalized spacial score (nSPS) is 18.7. The highest BCUT2D eigenvalue weighted by Crippen LogP contribution is 2.29. The Morgan fingerprint density at radius 2 is 1.93 bits per heavy atom. The van der Waals surface area contributed by atoms with Crippen molar-refractivity contribution in [2.24, 2.45) is 0 Å². The molecule has 1 aliphatic rings. The fourth-order valence-corrected chi connectivity index (χ4v) is 2.50. The van der Waals surface area contributed by atoms with Crippen molar-refractivity contribution in [1.29, 1.82) is 0 Å². The van der Waals surface area contributed by atoms with Gasteiger partial charge in [-0.2, -0.15) is 5.10 Å². The zero-order valence-electron chi connectivity index (χ0n) is 9.93. The monoisotopic (exact) mass is 207 g/mol. The van der Waals surface area contributed by atoms with Gasteiger partial charge in [0.05, 0.1) is 5.69 Å². The molecule has 0 aliphatic carbocycles. The van der Waals surface area contributed by atoms with Crippen LogP contribution in [0.5, 0.6) is 0 Å². The van der Waals surface area contributed by atoms with Gasteiger partial charge >= 0.3 is 0 Å². The first kappa shape index (κ1) is 10.7. The Kier molecular flexibility index (Phi) is 3.10. The van der Waals surface area contributed by atoms with Gasteiger partial charge in [-0.3, -0.25) is 5.10 Å². The maximum absolute atomic E-state index is 4.45. The Morgan fingerprint density at radius 3 is 2.47 bits per heavy atom. The molecule has 0 spiro atoms. The van der Waals surface area contributed by atoms with Crippen molar-refractivity contribution >= 4 is 0 Å². The predicted octanol–water partition coefficient (Wildman–Crippen LogP) is 2.31. The van der Waals surface area contributed by atoms with Crippen molar-refractivity contribution in [3.05, 3.63) is 17.0 Å². The van der Waals surface area contributed by atoms with Crippen molar-refractivity contribution < 1.29 is 0 Å². The molecule has 0 amide bonds. The summed E-state index contributed by atoms with van der Waals surface area (Å²) < 4.78 is 0. The van der Waals surface area contributed by atoms with Crippen LogP contribution in [0.3, 0.4) is 0 Å². The number of nitrogens with zero attached hydrogens (tertiary/aromatic N) is 1. The van der Waals surface area contributed by atoms with Gasteiger partial charge in [-0.05, 0) is 44.3 Å². The molecule has 1 aromatic heterocycles. The van der Waals surface area contributed by atoms with E-state index in [2.05, 4.69) is 36.3 Å². The van der Waals surface area contributed by atoms with E-state index < -0.39 is 0 Å². The number of nitrogens with one attached hydrogen (secondary N) is 2. The van der Waals surface area contributed by atoms with E-state index >= 15 is 0 Å². The lowest BCUT2D eigenvalue weighted by molar-refractivity contribution is 0.451. The molecule has 0 radical (unpaired) electrons. The number of aromatic amines is 1. The molecule has 3 heteroatoms. The summed E-state index contributed by atoms with van der Waals surface area (Å²) >= 11 is 0. The van der Waals surface area contributed by atoms with E-state index in [9.17, 15) is 0 Å². The molecule has 2 rings (SSSR count). The molecule has 2 heterocycles. The van der Waals surface area contributed by atoms with Crippen LogP contribution in [0.4, 0.5) is 0 Å². The maximum atomic E-state index is 4.45. The Labute approximate surface area is 91.7 Å². The van der Waals surface area contributed by atoms with E-state index in [1.807, 2.05) is 0 Å². The number of hydrogen-bond acceptors (Lipinski definition) is 2. The molecule has 1 saturated heterocycles. The maximum Gasteiger partial charge on any atom is 0.0679 e. The summed E-state index contributed by atoms with van der Waals surface area (Å²) in [6.45, 7) is 8.89. The molecular weight excluding hydrogens is 186 g/mol. The van der Waals surface area contributed by atoms with E-state index in [0.717, 1.165) is 13.1 Å². The van der Waals surface area contributed by atoms with E-state index in [1.54, 1.807) is 0 Å². The second-order valence-corrected chi connectivity index (χ2v) is 4.83. The van der Waals surface area contributed by atoms with Crippen LogP contribution in [0.2, 0.25) is 0 Å². The predicted molar refractivity (Wildman–Crippen MR) is 62.3 cm³/mol. The molecule has 15 heavy (non-hydrogen) atoms. The van der Waals surface area contributed by atoms with Gasteiger partial charge in [0.1, 0.15) is 0 Å². The highest BCUT2D eigenvalue weighted by atomic mass is 15.1. The zero-order valence-corrected chi connectivity index (χ0v) is 9.93. The minimum atomic E-state index is 0.525. The summed E-state index contributed by atoms with van der Waals surface area (Å²) in [5, 5.41) is 11.1. The van der Waals surface area contributed by atoms with E-state index in [-0.39, 0.29) is 0 Å². The van der Waals surface area contributed by atoms with E-state index in [1.165, 1.54) is 29.8 Å². The smallest absolute Gasteiger partial charge is 0.0679 e. The largest absolute Gasteiger partial charge is 0.317 e. The molecule has 3 nitrogen and oxygen atoms in total. The van der Waals surface area contributed by atoms with Crippen LogP contribution in [0.25, 0.3) is 0 Å². The minimum Gasteiger partial charge on any atom is -0.317 e. The molecule has 0 unspecified atom stereocenters. The summed E-state index contributed by atoms with van der Waals surface area (Å²) in [5.41, 5.74) is 4.00. The fourth-order valence-electron chi connectivity index (χ4n) is 2.50. The average Bonchev–Trinajstić information content (AvgIpc) is 2.61. The molecule has 1 aliphatic heterocycles. The summed E-state index contributed by atoms with van der Waals surface area (Å²) in [6, 6.07) is 0. The molecule has 0 saturated carbocycles. The van der Waals surface area contributed by atoms with Crippen LogP contribution in [0.1, 0.15) is 55.5 Å². The summed E-state index contributed by atoms with van der Waals surface area (Å²) in [6.07, 6.45) is 2.47. The summed E-state index contributed by atoms with van der Waals surface area (Å²) in [7, 11) is 0. The van der Waals surface area contributed by atoms with Gasteiger partial charge in [0.2, 0.25) is 0 Å². The minimum absolute atomic E-state index is 0.525. The summed E-state index contributed by atoms with van der Waals surface area (Å²) in [4.78, 5) is 0. The quantitative estimate of drug-likeness (QED) is 0.781. The van der Waals surface area contributed by atoms with Crippen molar-refractivity contribution in [2.75, 3.05) is 13.1 Å². The molecule has 0 bridgehead atoms. The van der Waals surface area contributed by atoms with Crippen molar-refractivity contribution in [1.82, 2.24) is 15.5 Å². The highest BCUT2D eigenvalue weighted by Gasteiger charge is 2.21. The second kappa shape index (κ2) is 4.35. The number of piperidine rings is 1. The van der Waals surface area contributed by atoms with E-state index in [4.69, 9.17) is 0 Å². The van der Waals surface area contributed by atoms with Crippen LogP contribution in [-0.2, 0) is 0 Å². The number of hydrogen-bond donors (Lipinski definition) is 2. The first-order valence-corrected chi connectivity index (χ1v) is 5.95. The zero-order chi connectivity index (χ0) is 10.8. The van der Waals surface area contributed by atoms with Crippen LogP contribution in [0.15, 0.2) is 0 Å². The number of H-pyrrole nitrogens is 1. The van der Waals surface area contributed by atoms with Gasteiger partial charge in [0.15, 0.2) is 0 Å². The molecule has 1 fully saturated rings. The molecule has 0 aromatic carbocycles. The molecule has 0 atom stereocenters. The number of rotatable bonds is 2. The molecular formula is C12H21N3. The van der Waals surface area contributed by atoms with Crippen LogP contribution < -0.4 is 5.32 Å². The summed E-state index contributed by atoms with van der Waals surface area (Å²) in [5.74, 6) is 1.21. The van der Waals surface area contributed by atoms with Gasteiger partial charge in [-0.25, -0.2) is 0 Å². The van der Waals surface area contributed by atoms with Gasteiger partial charge in [-0.1, -0.05) is 13.8 Å². The van der Waals surface area contributed by atoms with Crippen LogP contribution in [-0.4, -0.2) is 23.3 Å². The van der Waals surface area contributed by atoms with Crippen molar-refractivity contribution in [3.63, 3.8) is 0 Å².